The van der Waals surface area contributed by atoms with Crippen molar-refractivity contribution in [3.05, 3.63) is 71.2 Å². The Morgan fingerprint density at radius 3 is 2.67 bits per heavy atom. The van der Waals surface area contributed by atoms with Crippen molar-refractivity contribution in [2.75, 3.05) is 11.9 Å². The van der Waals surface area contributed by atoms with Crippen molar-refractivity contribution in [1.82, 2.24) is 10.6 Å². The van der Waals surface area contributed by atoms with E-state index in [0.717, 1.165) is 0 Å². The number of hydrogen-bond donors (Lipinski definition) is 3. The van der Waals surface area contributed by atoms with Gasteiger partial charge < -0.3 is 20.7 Å². The molecule has 0 saturated carbocycles. The summed E-state index contributed by atoms with van der Waals surface area (Å²) in [6.07, 6.45) is 0. The fourth-order valence-corrected chi connectivity index (χ4v) is 3.25. The van der Waals surface area contributed by atoms with Gasteiger partial charge in [-0.2, -0.15) is 0 Å². The summed E-state index contributed by atoms with van der Waals surface area (Å²) in [5, 5.41) is 9.13. The van der Waals surface area contributed by atoms with Crippen molar-refractivity contribution in [2.24, 2.45) is 0 Å². The van der Waals surface area contributed by atoms with Gasteiger partial charge in [0.25, 0.3) is 5.91 Å². The van der Waals surface area contributed by atoms with Crippen LogP contribution in [0.3, 0.4) is 0 Å². The van der Waals surface area contributed by atoms with Crippen LogP contribution in [0.4, 0.5) is 10.1 Å². The van der Waals surface area contributed by atoms with Gasteiger partial charge in [-0.15, -0.1) is 0 Å². The van der Waals surface area contributed by atoms with Gasteiger partial charge in [0.2, 0.25) is 0 Å². The zero-order valence-corrected chi connectivity index (χ0v) is 15.8. The number of benzene rings is 2. The van der Waals surface area contributed by atoms with Crippen molar-refractivity contribution in [3.63, 3.8) is 0 Å². The van der Waals surface area contributed by atoms with E-state index in [2.05, 4.69) is 16.0 Å². The summed E-state index contributed by atoms with van der Waals surface area (Å²) in [5.41, 5.74) is 1.83. The number of anilines is 1. The molecule has 0 aromatic heterocycles. The van der Waals surface area contributed by atoms with Crippen molar-refractivity contribution in [3.8, 4) is 5.75 Å². The highest BCUT2D eigenvalue weighted by atomic mass is 32.1. The van der Waals surface area contributed by atoms with Crippen LogP contribution in [0.5, 0.6) is 5.75 Å². The second-order valence-electron chi connectivity index (χ2n) is 5.97. The van der Waals surface area contributed by atoms with E-state index >= 15 is 0 Å². The SMILES string of the molecule is CCOc1ccccc1NC(=O)C1=C(C)NC(=S)NC1c1ccccc1F. The summed E-state index contributed by atoms with van der Waals surface area (Å²) in [6.45, 7) is 4.09. The van der Waals surface area contributed by atoms with Gasteiger partial charge in [0.15, 0.2) is 5.11 Å². The van der Waals surface area contributed by atoms with Gasteiger partial charge in [0.1, 0.15) is 11.6 Å². The minimum atomic E-state index is -0.695. The minimum Gasteiger partial charge on any atom is -0.492 e. The van der Waals surface area contributed by atoms with Crippen molar-refractivity contribution in [2.45, 2.75) is 19.9 Å². The lowest BCUT2D eigenvalue weighted by atomic mass is 9.94. The lowest BCUT2D eigenvalue weighted by molar-refractivity contribution is -0.113. The number of ether oxygens (including phenoxy) is 1. The highest BCUT2D eigenvalue weighted by molar-refractivity contribution is 7.80. The number of amides is 1. The van der Waals surface area contributed by atoms with E-state index in [1.54, 1.807) is 43.3 Å². The van der Waals surface area contributed by atoms with Crippen LogP contribution < -0.4 is 20.7 Å². The Morgan fingerprint density at radius 2 is 1.93 bits per heavy atom. The first-order chi connectivity index (χ1) is 13.0. The number of carbonyl (C=O) groups is 1. The first-order valence-electron chi connectivity index (χ1n) is 8.57. The average molecular weight is 385 g/mol. The number of para-hydroxylation sites is 2. The molecule has 140 valence electrons. The Labute approximate surface area is 162 Å². The molecule has 0 fully saturated rings. The van der Waals surface area contributed by atoms with Crippen LogP contribution in [0.2, 0.25) is 0 Å². The van der Waals surface area contributed by atoms with Crippen molar-refractivity contribution < 1.29 is 13.9 Å². The number of nitrogens with one attached hydrogen (secondary N) is 3. The molecule has 1 amide bonds. The summed E-state index contributed by atoms with van der Waals surface area (Å²) in [7, 11) is 0. The molecule has 7 heteroatoms. The van der Waals surface area contributed by atoms with E-state index < -0.39 is 11.9 Å². The van der Waals surface area contributed by atoms with Gasteiger partial charge in [-0.05, 0) is 44.3 Å². The first-order valence-corrected chi connectivity index (χ1v) is 8.98. The molecule has 3 rings (SSSR count). The Bertz CT molecular complexity index is 914. The lowest BCUT2D eigenvalue weighted by Crippen LogP contribution is -2.46. The fourth-order valence-electron chi connectivity index (χ4n) is 2.98. The molecule has 0 saturated heterocycles. The zero-order chi connectivity index (χ0) is 19.4. The van der Waals surface area contributed by atoms with E-state index in [1.807, 2.05) is 13.0 Å². The van der Waals surface area contributed by atoms with Gasteiger partial charge in [-0.3, -0.25) is 4.79 Å². The highest BCUT2D eigenvalue weighted by Crippen LogP contribution is 2.31. The maximum atomic E-state index is 14.4. The second kappa shape index (κ2) is 8.18. The molecule has 1 heterocycles. The van der Waals surface area contributed by atoms with Crippen molar-refractivity contribution >= 4 is 28.9 Å². The lowest BCUT2D eigenvalue weighted by Gasteiger charge is -2.30. The minimum absolute atomic E-state index is 0.340. The molecule has 1 aliphatic rings. The van der Waals surface area contributed by atoms with E-state index in [9.17, 15) is 9.18 Å². The standard InChI is InChI=1S/C20H20FN3O2S/c1-3-26-16-11-7-6-10-15(16)23-19(25)17-12(2)22-20(27)24-18(17)13-8-4-5-9-14(13)21/h4-11,18H,3H2,1-2H3,(H,23,25)(H2,22,24,27). The molecule has 0 spiro atoms. The number of carbonyl (C=O) groups excluding carboxylic acids is 1. The van der Waals surface area contributed by atoms with Crippen LogP contribution in [-0.4, -0.2) is 17.6 Å². The number of halogens is 1. The summed E-state index contributed by atoms with van der Waals surface area (Å²) < 4.78 is 19.9. The quantitative estimate of drug-likeness (QED) is 0.686. The maximum Gasteiger partial charge on any atom is 0.255 e. The van der Waals surface area contributed by atoms with Gasteiger partial charge >= 0.3 is 0 Å². The van der Waals surface area contributed by atoms with E-state index in [4.69, 9.17) is 17.0 Å². The molecule has 0 aliphatic carbocycles. The van der Waals surface area contributed by atoms with Crippen LogP contribution in [-0.2, 0) is 4.79 Å². The molecule has 2 aromatic carbocycles. The second-order valence-corrected chi connectivity index (χ2v) is 6.38. The summed E-state index contributed by atoms with van der Waals surface area (Å²) in [5.74, 6) is -0.204. The smallest absolute Gasteiger partial charge is 0.255 e. The third-order valence-electron chi connectivity index (χ3n) is 4.17. The molecule has 1 unspecified atom stereocenters. The zero-order valence-electron chi connectivity index (χ0n) is 15.0. The Kier molecular flexibility index (Phi) is 5.71. The molecule has 0 radical (unpaired) electrons. The Hall–Kier alpha value is -2.93. The molecule has 0 bridgehead atoms. The number of hydrogen-bond acceptors (Lipinski definition) is 3. The summed E-state index contributed by atoms with van der Waals surface area (Å²) in [4.78, 5) is 13.1. The topological polar surface area (TPSA) is 62.4 Å². The first kappa shape index (κ1) is 18.8. The predicted molar refractivity (Wildman–Crippen MR) is 107 cm³/mol. The van der Waals surface area contributed by atoms with Crippen LogP contribution in [0, 0.1) is 5.82 Å². The van der Waals surface area contributed by atoms with Crippen molar-refractivity contribution in [1.29, 1.82) is 0 Å². The monoisotopic (exact) mass is 385 g/mol. The van der Waals surface area contributed by atoms with Gasteiger partial charge in [-0.1, -0.05) is 30.3 Å². The van der Waals surface area contributed by atoms with Gasteiger partial charge in [0, 0.05) is 11.3 Å². The normalized spacial score (nSPS) is 16.4. The van der Waals surface area contributed by atoms with E-state index in [0.29, 0.717) is 40.0 Å². The third-order valence-corrected chi connectivity index (χ3v) is 4.39. The third kappa shape index (κ3) is 4.09. The highest BCUT2D eigenvalue weighted by Gasteiger charge is 2.31. The predicted octanol–water partition coefficient (Wildman–Crippen LogP) is 3.66. The summed E-state index contributed by atoms with van der Waals surface area (Å²) >= 11 is 5.20. The Morgan fingerprint density at radius 1 is 1.22 bits per heavy atom. The van der Waals surface area contributed by atoms with Gasteiger partial charge in [0.05, 0.1) is 23.9 Å². The number of thiocarbonyl (C=S) groups is 1. The van der Waals surface area contributed by atoms with E-state index in [1.165, 1.54) is 6.07 Å². The molecule has 2 aromatic rings. The molecular weight excluding hydrogens is 365 g/mol. The van der Waals surface area contributed by atoms with Crippen LogP contribution in [0.1, 0.15) is 25.5 Å². The molecule has 1 atom stereocenters. The van der Waals surface area contributed by atoms with Gasteiger partial charge in [-0.25, -0.2) is 4.39 Å². The fraction of sp³-hybridized carbons (Fsp3) is 0.200. The largest absolute Gasteiger partial charge is 0.492 e. The summed E-state index contributed by atoms with van der Waals surface area (Å²) in [6, 6.07) is 12.8. The molecular formula is C20H20FN3O2S. The molecule has 1 aliphatic heterocycles. The Balaban J connectivity index is 1.97. The average Bonchev–Trinajstić information content (AvgIpc) is 2.63. The number of rotatable bonds is 5. The van der Waals surface area contributed by atoms with Crippen LogP contribution in [0.15, 0.2) is 59.8 Å². The maximum absolute atomic E-state index is 14.4. The number of allylic oxidation sites excluding steroid dienone is 1. The molecule has 5 nitrogen and oxygen atoms in total. The van der Waals surface area contributed by atoms with Crippen LogP contribution in [0.25, 0.3) is 0 Å². The van der Waals surface area contributed by atoms with E-state index in [-0.39, 0.29) is 5.91 Å². The molecule has 3 N–H and O–H groups in total. The molecule has 27 heavy (non-hydrogen) atoms. The van der Waals surface area contributed by atoms with Crippen LogP contribution >= 0.6 is 12.2 Å².